The molecule has 4 heteroatoms. The Hall–Kier alpha value is -0.400. The first-order valence-corrected chi connectivity index (χ1v) is 5.05. The Labute approximate surface area is 86.5 Å². The Morgan fingerprint density at radius 2 is 2.17 bits per heavy atom. The molecule has 0 bridgehead atoms. The number of hydrogen-bond donors (Lipinski definition) is 0. The summed E-state index contributed by atoms with van der Waals surface area (Å²) in [5, 5.41) is 9.18. The van der Waals surface area contributed by atoms with E-state index < -0.39 is 5.82 Å². The third kappa shape index (κ3) is 1.67. The van der Waals surface area contributed by atoms with Crippen molar-refractivity contribution >= 4 is 31.9 Å². The molecule has 0 aliphatic rings. The Morgan fingerprint density at radius 1 is 1.50 bits per heavy atom. The van der Waals surface area contributed by atoms with Crippen molar-refractivity contribution in [2.75, 3.05) is 0 Å². The lowest BCUT2D eigenvalue weighted by molar-refractivity contribution is 0.622. The first kappa shape index (κ1) is 9.69. The summed E-state index contributed by atoms with van der Waals surface area (Å²) >= 11 is 6.39. The zero-order chi connectivity index (χ0) is 9.14. The molecule has 62 valence electrons. The molecule has 1 rings (SSSR count). The topological polar surface area (TPSA) is 23.8 Å². The normalized spacial score (nSPS) is 9.50. The highest BCUT2D eigenvalue weighted by Crippen LogP contribution is 2.25. The van der Waals surface area contributed by atoms with Crippen molar-refractivity contribution in [1.29, 1.82) is 5.26 Å². The van der Waals surface area contributed by atoms with Gasteiger partial charge in [0.1, 0.15) is 17.4 Å². The minimum Gasteiger partial charge on any atom is -0.206 e. The van der Waals surface area contributed by atoms with Gasteiger partial charge in [0.15, 0.2) is 0 Å². The first-order valence-electron chi connectivity index (χ1n) is 3.13. The average Bonchev–Trinajstić information content (AvgIpc) is 2.06. The summed E-state index contributed by atoms with van der Waals surface area (Å²) in [7, 11) is 0. The van der Waals surface area contributed by atoms with Crippen molar-refractivity contribution in [3.63, 3.8) is 0 Å². The van der Waals surface area contributed by atoms with E-state index in [9.17, 15) is 4.39 Å². The fraction of sp³-hybridized carbons (Fsp3) is 0.125. The van der Waals surface area contributed by atoms with Crippen LogP contribution in [0.15, 0.2) is 16.6 Å². The first-order chi connectivity index (χ1) is 5.70. The second kappa shape index (κ2) is 4.01. The number of halogens is 3. The van der Waals surface area contributed by atoms with Crippen LogP contribution < -0.4 is 0 Å². The molecule has 0 saturated carbocycles. The Balaban J connectivity index is 3.36. The van der Waals surface area contributed by atoms with Crippen LogP contribution in [0, 0.1) is 17.1 Å². The zero-order valence-corrected chi connectivity index (χ0v) is 9.11. The predicted octanol–water partition coefficient (Wildman–Crippen LogP) is 3.35. The van der Waals surface area contributed by atoms with Crippen LogP contribution in [0.5, 0.6) is 0 Å². The maximum absolute atomic E-state index is 12.9. The van der Waals surface area contributed by atoms with E-state index in [-0.39, 0.29) is 5.56 Å². The van der Waals surface area contributed by atoms with E-state index in [4.69, 9.17) is 5.26 Å². The Morgan fingerprint density at radius 3 is 2.67 bits per heavy atom. The van der Waals surface area contributed by atoms with E-state index in [2.05, 4.69) is 31.9 Å². The fourth-order valence-corrected chi connectivity index (χ4v) is 2.20. The fourth-order valence-electron chi connectivity index (χ4n) is 0.801. The van der Waals surface area contributed by atoms with Gasteiger partial charge < -0.3 is 0 Å². The van der Waals surface area contributed by atoms with E-state index >= 15 is 0 Å². The van der Waals surface area contributed by atoms with E-state index in [0.717, 1.165) is 5.56 Å². The zero-order valence-electron chi connectivity index (χ0n) is 5.94. The monoisotopic (exact) mass is 291 g/mol. The van der Waals surface area contributed by atoms with E-state index in [1.807, 2.05) is 0 Å². The number of benzene rings is 1. The van der Waals surface area contributed by atoms with Crippen LogP contribution in [-0.2, 0) is 5.33 Å². The van der Waals surface area contributed by atoms with Gasteiger partial charge in [0, 0.05) is 9.80 Å². The van der Waals surface area contributed by atoms with Crippen LogP contribution in [0.2, 0.25) is 0 Å². The molecule has 0 N–H and O–H groups in total. The molecule has 0 atom stereocenters. The molecule has 0 aromatic heterocycles. The summed E-state index contributed by atoms with van der Waals surface area (Å²) in [6.45, 7) is 0. The van der Waals surface area contributed by atoms with Crippen molar-refractivity contribution in [2.45, 2.75) is 5.33 Å². The van der Waals surface area contributed by atoms with Crippen LogP contribution in [0.3, 0.4) is 0 Å². The molecule has 0 unspecified atom stereocenters. The molecular formula is C8H4Br2FN. The maximum atomic E-state index is 12.9. The lowest BCUT2D eigenvalue weighted by atomic mass is 10.1. The number of alkyl halides is 1. The van der Waals surface area contributed by atoms with Gasteiger partial charge in [-0.3, -0.25) is 0 Å². The van der Waals surface area contributed by atoms with Gasteiger partial charge in [-0.15, -0.1) is 0 Å². The van der Waals surface area contributed by atoms with Gasteiger partial charge in [-0.2, -0.15) is 5.26 Å². The molecule has 0 aliphatic heterocycles. The van der Waals surface area contributed by atoms with Crippen molar-refractivity contribution in [3.8, 4) is 6.07 Å². The third-order valence-corrected chi connectivity index (χ3v) is 2.94. The third-order valence-electron chi connectivity index (χ3n) is 1.43. The lowest BCUT2D eigenvalue weighted by Gasteiger charge is -2.02. The minimum absolute atomic E-state index is 0.0620. The van der Waals surface area contributed by atoms with Gasteiger partial charge in [0.05, 0.1) is 0 Å². The molecule has 1 aromatic rings. The molecule has 0 heterocycles. The van der Waals surface area contributed by atoms with Gasteiger partial charge in [-0.25, -0.2) is 4.39 Å². The Kier molecular flexibility index (Phi) is 3.24. The van der Waals surface area contributed by atoms with Gasteiger partial charge in [-0.1, -0.05) is 22.0 Å². The number of rotatable bonds is 1. The molecule has 1 aromatic carbocycles. The molecule has 0 spiro atoms. The van der Waals surface area contributed by atoms with Crippen LogP contribution >= 0.6 is 31.9 Å². The summed E-state index contributed by atoms with van der Waals surface area (Å²) in [5.74, 6) is -0.492. The van der Waals surface area contributed by atoms with E-state index in [1.165, 1.54) is 6.07 Å². The molecule has 0 fully saturated rings. The molecule has 12 heavy (non-hydrogen) atoms. The molecule has 0 aliphatic carbocycles. The van der Waals surface area contributed by atoms with Crippen molar-refractivity contribution < 1.29 is 4.39 Å². The molecule has 0 amide bonds. The van der Waals surface area contributed by atoms with Crippen molar-refractivity contribution in [3.05, 3.63) is 33.5 Å². The number of nitriles is 1. The predicted molar refractivity (Wildman–Crippen MR) is 51.4 cm³/mol. The maximum Gasteiger partial charge on any atom is 0.142 e. The van der Waals surface area contributed by atoms with E-state index in [0.29, 0.717) is 9.80 Å². The lowest BCUT2D eigenvalue weighted by Crippen LogP contribution is -1.89. The largest absolute Gasteiger partial charge is 0.206 e. The molecule has 0 radical (unpaired) electrons. The van der Waals surface area contributed by atoms with Gasteiger partial charge in [0.25, 0.3) is 0 Å². The highest BCUT2D eigenvalue weighted by Gasteiger charge is 2.09. The Bertz CT molecular complexity index is 344. The van der Waals surface area contributed by atoms with Crippen molar-refractivity contribution in [1.82, 2.24) is 0 Å². The standard InChI is InChI=1S/C8H4Br2FN/c9-3-5-1-2-7(11)6(4-12)8(5)10/h1-2H,3H2. The van der Waals surface area contributed by atoms with Crippen LogP contribution in [0.1, 0.15) is 11.1 Å². The average molecular weight is 293 g/mol. The van der Waals surface area contributed by atoms with Crippen LogP contribution in [-0.4, -0.2) is 0 Å². The summed E-state index contributed by atoms with van der Waals surface area (Å²) in [6.07, 6.45) is 0. The second-order valence-electron chi connectivity index (χ2n) is 2.14. The summed E-state index contributed by atoms with van der Waals surface area (Å²) < 4.78 is 13.4. The summed E-state index contributed by atoms with van der Waals surface area (Å²) in [6, 6.07) is 4.72. The quantitative estimate of drug-likeness (QED) is 0.728. The molecule has 0 saturated heterocycles. The van der Waals surface area contributed by atoms with Gasteiger partial charge >= 0.3 is 0 Å². The molecule has 1 nitrogen and oxygen atoms in total. The highest BCUT2D eigenvalue weighted by molar-refractivity contribution is 9.10. The SMILES string of the molecule is N#Cc1c(F)ccc(CBr)c1Br. The highest BCUT2D eigenvalue weighted by atomic mass is 79.9. The summed E-state index contributed by atoms with van der Waals surface area (Å²) in [5.41, 5.74) is 0.930. The number of hydrogen-bond acceptors (Lipinski definition) is 1. The minimum atomic E-state index is -0.492. The summed E-state index contributed by atoms with van der Waals surface area (Å²) in [4.78, 5) is 0. The van der Waals surface area contributed by atoms with Gasteiger partial charge in [-0.05, 0) is 27.6 Å². The number of nitrogens with zero attached hydrogens (tertiary/aromatic N) is 1. The van der Waals surface area contributed by atoms with Gasteiger partial charge in [0.2, 0.25) is 0 Å². The smallest absolute Gasteiger partial charge is 0.142 e. The van der Waals surface area contributed by atoms with E-state index in [1.54, 1.807) is 12.1 Å². The van der Waals surface area contributed by atoms with Crippen LogP contribution in [0.25, 0.3) is 0 Å². The van der Waals surface area contributed by atoms with Crippen LogP contribution in [0.4, 0.5) is 4.39 Å². The molecular weight excluding hydrogens is 289 g/mol. The second-order valence-corrected chi connectivity index (χ2v) is 3.49. The van der Waals surface area contributed by atoms with Crippen molar-refractivity contribution in [2.24, 2.45) is 0 Å².